The number of hydrogen-bond acceptors (Lipinski definition) is 4. The highest BCUT2D eigenvalue weighted by molar-refractivity contribution is 14.0. The van der Waals surface area contributed by atoms with Gasteiger partial charge in [0.15, 0.2) is 5.96 Å². The second-order valence-electron chi connectivity index (χ2n) is 7.82. The first-order valence-electron chi connectivity index (χ1n) is 9.86. The number of aliphatic imine (C=N–C) groups is 1. The van der Waals surface area contributed by atoms with E-state index in [4.69, 9.17) is 0 Å². The molecule has 8 nitrogen and oxygen atoms in total. The Morgan fingerprint density at radius 2 is 1.61 bits per heavy atom. The van der Waals surface area contributed by atoms with Gasteiger partial charge in [-0.2, -0.15) is 0 Å². The minimum atomic E-state index is -0.139. The summed E-state index contributed by atoms with van der Waals surface area (Å²) in [6.45, 7) is 1.91. The number of amides is 3. The molecule has 3 N–H and O–H groups in total. The van der Waals surface area contributed by atoms with Crippen LogP contribution in [0.15, 0.2) is 17.1 Å². The van der Waals surface area contributed by atoms with Gasteiger partial charge in [-0.1, -0.05) is 12.2 Å². The van der Waals surface area contributed by atoms with Gasteiger partial charge in [0.1, 0.15) is 0 Å². The third-order valence-electron chi connectivity index (χ3n) is 6.08. The Morgan fingerprint density at radius 3 is 2.18 bits per heavy atom. The maximum Gasteiger partial charge on any atom is 0.233 e. The van der Waals surface area contributed by atoms with E-state index in [2.05, 4.69) is 33.1 Å². The van der Waals surface area contributed by atoms with Crippen molar-refractivity contribution in [1.82, 2.24) is 20.9 Å². The second-order valence-corrected chi connectivity index (χ2v) is 7.82. The van der Waals surface area contributed by atoms with Crippen molar-refractivity contribution in [3.05, 3.63) is 12.2 Å². The van der Waals surface area contributed by atoms with Crippen molar-refractivity contribution >= 4 is 47.7 Å². The fourth-order valence-electron chi connectivity index (χ4n) is 4.55. The van der Waals surface area contributed by atoms with Crippen LogP contribution in [0, 0.1) is 29.6 Å². The maximum atomic E-state index is 12.6. The van der Waals surface area contributed by atoms with Crippen molar-refractivity contribution in [2.45, 2.75) is 19.3 Å². The Hall–Kier alpha value is -1.65. The van der Waals surface area contributed by atoms with E-state index in [1.54, 1.807) is 7.05 Å². The van der Waals surface area contributed by atoms with Gasteiger partial charge in [-0.25, -0.2) is 0 Å². The molecule has 2 bridgehead atoms. The number of hydrogen-bond donors (Lipinski definition) is 3. The zero-order chi connectivity index (χ0) is 19.0. The minimum Gasteiger partial charge on any atom is -0.355 e. The molecule has 0 aromatic carbocycles. The largest absolute Gasteiger partial charge is 0.355 e. The lowest BCUT2D eigenvalue weighted by Gasteiger charge is -2.18. The molecule has 4 rings (SSSR count). The Balaban J connectivity index is 0.00000225. The standard InChI is InChI=1S/C19H27N5O3.HI/c1-20-19(22-7-6-21-16(25)11-2-3-11)23-8-9-24-17(26)14-12-4-5-13(10-12)15(14)18(24)27;/h4-5,11-15H,2-3,6-10H2,1H3,(H,21,25)(H2,20,22,23);1H. The van der Waals surface area contributed by atoms with E-state index >= 15 is 0 Å². The van der Waals surface area contributed by atoms with E-state index in [0.717, 1.165) is 19.3 Å². The van der Waals surface area contributed by atoms with Gasteiger partial charge in [-0.05, 0) is 31.1 Å². The Kier molecular flexibility index (Phi) is 6.61. The van der Waals surface area contributed by atoms with Crippen molar-refractivity contribution < 1.29 is 14.4 Å². The number of nitrogens with zero attached hydrogens (tertiary/aromatic N) is 2. The van der Waals surface area contributed by atoms with E-state index < -0.39 is 0 Å². The highest BCUT2D eigenvalue weighted by Gasteiger charge is 2.58. The summed E-state index contributed by atoms with van der Waals surface area (Å²) < 4.78 is 0. The molecular weight excluding hydrogens is 473 g/mol. The minimum absolute atomic E-state index is 0. The van der Waals surface area contributed by atoms with Crippen LogP contribution in [0.25, 0.3) is 0 Å². The van der Waals surface area contributed by atoms with Gasteiger partial charge in [0.05, 0.1) is 11.8 Å². The molecule has 4 aliphatic rings. The number of imide groups is 1. The molecule has 28 heavy (non-hydrogen) atoms. The van der Waals surface area contributed by atoms with Gasteiger partial charge in [-0.15, -0.1) is 24.0 Å². The van der Waals surface area contributed by atoms with Gasteiger partial charge < -0.3 is 16.0 Å². The quantitative estimate of drug-likeness (QED) is 0.115. The number of allylic oxidation sites excluding steroid dienone is 2. The predicted octanol–water partition coefficient (Wildman–Crippen LogP) is 0.103. The number of rotatable bonds is 7. The zero-order valence-electron chi connectivity index (χ0n) is 16.0. The molecule has 4 atom stereocenters. The molecule has 3 fully saturated rings. The molecule has 9 heteroatoms. The van der Waals surface area contributed by atoms with E-state index in [0.29, 0.717) is 32.1 Å². The van der Waals surface area contributed by atoms with Crippen molar-refractivity contribution in [1.29, 1.82) is 0 Å². The van der Waals surface area contributed by atoms with Crippen LogP contribution in [0.2, 0.25) is 0 Å². The lowest BCUT2D eigenvalue weighted by Crippen LogP contribution is -2.45. The van der Waals surface area contributed by atoms with Crippen LogP contribution in [0.1, 0.15) is 19.3 Å². The highest BCUT2D eigenvalue weighted by atomic mass is 127. The van der Waals surface area contributed by atoms with Crippen LogP contribution in [0.5, 0.6) is 0 Å². The summed E-state index contributed by atoms with van der Waals surface area (Å²) in [6.07, 6.45) is 7.15. The molecule has 1 aliphatic heterocycles. The molecule has 1 heterocycles. The highest BCUT2D eigenvalue weighted by Crippen LogP contribution is 2.52. The summed E-state index contributed by atoms with van der Waals surface area (Å²) in [6, 6.07) is 0. The number of guanidine groups is 1. The van der Waals surface area contributed by atoms with Crippen LogP contribution >= 0.6 is 24.0 Å². The third kappa shape index (κ3) is 4.04. The first kappa shape index (κ1) is 21.1. The lowest BCUT2D eigenvalue weighted by molar-refractivity contribution is -0.140. The normalized spacial score (nSPS) is 30.3. The number of carbonyl (C=O) groups excluding carboxylic acids is 3. The van der Waals surface area contributed by atoms with E-state index in [1.165, 1.54) is 4.90 Å². The molecule has 154 valence electrons. The van der Waals surface area contributed by atoms with Crippen LogP contribution in [0.4, 0.5) is 0 Å². The van der Waals surface area contributed by atoms with Gasteiger partial charge in [0, 0.05) is 39.1 Å². The number of halogens is 1. The first-order valence-corrected chi connectivity index (χ1v) is 9.86. The third-order valence-corrected chi connectivity index (χ3v) is 6.08. The summed E-state index contributed by atoms with van der Waals surface area (Å²) in [5, 5.41) is 9.14. The molecule has 3 aliphatic carbocycles. The van der Waals surface area contributed by atoms with E-state index in [1.807, 2.05) is 0 Å². The van der Waals surface area contributed by atoms with Gasteiger partial charge >= 0.3 is 0 Å². The van der Waals surface area contributed by atoms with Gasteiger partial charge in [0.25, 0.3) is 0 Å². The molecule has 1 saturated heterocycles. The predicted molar refractivity (Wildman–Crippen MR) is 115 cm³/mol. The van der Waals surface area contributed by atoms with Crippen LogP contribution < -0.4 is 16.0 Å². The monoisotopic (exact) mass is 501 g/mol. The number of carbonyl (C=O) groups is 3. The van der Waals surface area contributed by atoms with Gasteiger partial charge in [-0.3, -0.25) is 24.3 Å². The molecule has 0 spiro atoms. The summed E-state index contributed by atoms with van der Waals surface area (Å²) in [5.41, 5.74) is 0. The SMILES string of the molecule is CN=C(NCCNC(=O)C1CC1)NCCN1C(=O)C2C3C=CC(C3)C2C1=O.I. The lowest BCUT2D eigenvalue weighted by atomic mass is 9.85. The fourth-order valence-corrected chi connectivity index (χ4v) is 4.55. The topological polar surface area (TPSA) is 103 Å². The van der Waals surface area contributed by atoms with Crippen LogP contribution in [-0.4, -0.2) is 61.8 Å². The fraction of sp³-hybridized carbons (Fsp3) is 0.684. The van der Waals surface area contributed by atoms with E-state index in [9.17, 15) is 14.4 Å². The smallest absolute Gasteiger partial charge is 0.233 e. The van der Waals surface area contributed by atoms with Gasteiger partial charge in [0.2, 0.25) is 17.7 Å². The van der Waals surface area contributed by atoms with Crippen molar-refractivity contribution in [3.8, 4) is 0 Å². The molecule has 0 aromatic rings. The molecule has 0 radical (unpaired) electrons. The average Bonchev–Trinajstić information content (AvgIpc) is 3.25. The molecular formula is C19H28IN5O3. The molecule has 3 amide bonds. The van der Waals surface area contributed by atoms with Crippen molar-refractivity contribution in [3.63, 3.8) is 0 Å². The number of nitrogens with one attached hydrogen (secondary N) is 3. The number of likely N-dealkylation sites (tertiary alicyclic amines) is 1. The second kappa shape index (κ2) is 8.79. The summed E-state index contributed by atoms with van der Waals surface area (Å²) >= 11 is 0. The molecule has 0 aromatic heterocycles. The Labute approximate surface area is 182 Å². The van der Waals surface area contributed by atoms with Crippen molar-refractivity contribution in [2.75, 3.05) is 33.2 Å². The van der Waals surface area contributed by atoms with Crippen molar-refractivity contribution in [2.24, 2.45) is 34.6 Å². The van der Waals surface area contributed by atoms with Crippen LogP contribution in [0.3, 0.4) is 0 Å². The zero-order valence-corrected chi connectivity index (χ0v) is 18.3. The molecule has 2 saturated carbocycles. The van der Waals surface area contributed by atoms with Crippen LogP contribution in [-0.2, 0) is 14.4 Å². The first-order chi connectivity index (χ1) is 13.1. The number of fused-ring (bicyclic) bond motifs is 5. The summed E-state index contributed by atoms with van der Waals surface area (Å²) in [5.74, 6) is 1.10. The summed E-state index contributed by atoms with van der Waals surface area (Å²) in [7, 11) is 1.66. The average molecular weight is 501 g/mol. The Morgan fingerprint density at radius 1 is 1.04 bits per heavy atom. The Bertz CT molecular complexity index is 676. The maximum absolute atomic E-state index is 12.6. The molecule has 4 unspecified atom stereocenters. The summed E-state index contributed by atoms with van der Waals surface area (Å²) in [4.78, 5) is 42.4. The van der Waals surface area contributed by atoms with E-state index in [-0.39, 0.29) is 71.3 Å².